The number of aliphatic hydroxyl groups is 1. The van der Waals surface area contributed by atoms with E-state index in [1.807, 2.05) is 19.0 Å². The summed E-state index contributed by atoms with van der Waals surface area (Å²) in [6.45, 7) is 4.83. The molecule has 1 aromatic heterocycles. The Hall–Kier alpha value is -1.92. The summed E-state index contributed by atoms with van der Waals surface area (Å²) >= 11 is 0. The normalized spacial score (nSPS) is 20.8. The molecule has 6 heteroatoms. The van der Waals surface area contributed by atoms with Gasteiger partial charge < -0.3 is 14.9 Å². The van der Waals surface area contributed by atoms with Gasteiger partial charge in [0.15, 0.2) is 0 Å². The van der Waals surface area contributed by atoms with Crippen molar-refractivity contribution in [1.29, 1.82) is 0 Å². The predicted molar refractivity (Wildman–Crippen MR) is 111 cm³/mol. The maximum Gasteiger partial charge on any atom is 0.139 e. The van der Waals surface area contributed by atoms with Crippen molar-refractivity contribution in [2.75, 3.05) is 56.6 Å². The lowest BCUT2D eigenvalue weighted by Crippen LogP contribution is -2.52. The topological polar surface area (TPSA) is 55.7 Å². The molecule has 1 aliphatic carbocycles. The van der Waals surface area contributed by atoms with Gasteiger partial charge in [-0.25, -0.2) is 9.97 Å². The maximum atomic E-state index is 10.8. The molecule has 0 bridgehead atoms. The summed E-state index contributed by atoms with van der Waals surface area (Å²) in [5, 5.41) is 11.9. The molecule has 0 amide bonds. The molecule has 146 valence electrons. The van der Waals surface area contributed by atoms with Crippen LogP contribution in [0.5, 0.6) is 0 Å². The quantitative estimate of drug-likeness (QED) is 0.894. The van der Waals surface area contributed by atoms with Crippen LogP contribution < -0.4 is 9.80 Å². The average Bonchev–Trinajstić information content (AvgIpc) is 2.68. The maximum absolute atomic E-state index is 10.8. The third-order valence-corrected chi connectivity index (χ3v) is 6.06. The molecule has 4 rings (SSSR count). The number of hydrogen-bond acceptors (Lipinski definition) is 6. The lowest BCUT2D eigenvalue weighted by atomic mass is 9.84. The van der Waals surface area contributed by atoms with Gasteiger partial charge in [0.25, 0.3) is 0 Å². The highest BCUT2D eigenvalue weighted by Gasteiger charge is 2.32. The first kappa shape index (κ1) is 18.4. The summed E-state index contributed by atoms with van der Waals surface area (Å²) < 4.78 is 0. The zero-order valence-electron chi connectivity index (χ0n) is 16.6. The lowest BCUT2D eigenvalue weighted by Gasteiger charge is -2.41. The molecule has 2 aliphatic rings. The van der Waals surface area contributed by atoms with Gasteiger partial charge in [0.05, 0.1) is 11.1 Å². The number of aromatic nitrogens is 2. The van der Waals surface area contributed by atoms with Crippen LogP contribution in [0, 0.1) is 0 Å². The van der Waals surface area contributed by atoms with Crippen molar-refractivity contribution in [3.8, 4) is 0 Å². The fourth-order valence-corrected chi connectivity index (χ4v) is 4.53. The molecule has 1 saturated heterocycles. The molecule has 0 unspecified atom stereocenters. The zero-order valence-corrected chi connectivity index (χ0v) is 16.6. The summed E-state index contributed by atoms with van der Waals surface area (Å²) in [6.07, 6.45) is 7.17. The van der Waals surface area contributed by atoms with Crippen LogP contribution in [0.15, 0.2) is 24.5 Å². The van der Waals surface area contributed by atoms with Crippen LogP contribution >= 0.6 is 0 Å². The standard InChI is InChI=1S/C21H31N5O/c1-24(2)20-18-14-17(6-7-19(18)22-16-23-20)26-12-10-25(11-13-26)15-21(27)8-4-3-5-9-21/h6-7,14,16,27H,3-5,8-13,15H2,1-2H3. The van der Waals surface area contributed by atoms with E-state index >= 15 is 0 Å². The van der Waals surface area contributed by atoms with Crippen molar-refractivity contribution >= 4 is 22.4 Å². The molecule has 1 saturated carbocycles. The van der Waals surface area contributed by atoms with Gasteiger partial charge in [0.1, 0.15) is 12.1 Å². The largest absolute Gasteiger partial charge is 0.389 e. The molecule has 2 aromatic rings. The van der Waals surface area contributed by atoms with E-state index in [1.54, 1.807) is 6.33 Å². The van der Waals surface area contributed by atoms with E-state index < -0.39 is 5.60 Å². The van der Waals surface area contributed by atoms with Gasteiger partial charge in [-0.3, -0.25) is 4.90 Å². The third-order valence-electron chi connectivity index (χ3n) is 6.06. The highest BCUT2D eigenvalue weighted by molar-refractivity contribution is 5.91. The fourth-order valence-electron chi connectivity index (χ4n) is 4.53. The second kappa shape index (κ2) is 7.60. The van der Waals surface area contributed by atoms with Gasteiger partial charge in [-0.2, -0.15) is 0 Å². The van der Waals surface area contributed by atoms with Crippen molar-refractivity contribution in [3.63, 3.8) is 0 Å². The van der Waals surface area contributed by atoms with E-state index in [2.05, 4.69) is 38.0 Å². The van der Waals surface area contributed by atoms with E-state index in [-0.39, 0.29) is 0 Å². The van der Waals surface area contributed by atoms with Crippen molar-refractivity contribution in [2.24, 2.45) is 0 Å². The first-order chi connectivity index (χ1) is 13.0. The van der Waals surface area contributed by atoms with Gasteiger partial charge in [-0.05, 0) is 31.0 Å². The Kier molecular flexibility index (Phi) is 5.19. The molecule has 2 fully saturated rings. The zero-order chi connectivity index (χ0) is 18.9. The van der Waals surface area contributed by atoms with Gasteiger partial charge in [0.2, 0.25) is 0 Å². The van der Waals surface area contributed by atoms with Crippen LogP contribution in [0.3, 0.4) is 0 Å². The summed E-state index contributed by atoms with van der Waals surface area (Å²) in [7, 11) is 4.03. The molecule has 1 aliphatic heterocycles. The van der Waals surface area contributed by atoms with E-state index in [9.17, 15) is 5.11 Å². The van der Waals surface area contributed by atoms with E-state index in [0.717, 1.165) is 62.3 Å². The molecule has 0 spiro atoms. The van der Waals surface area contributed by atoms with Gasteiger partial charge in [-0.1, -0.05) is 19.3 Å². The Labute approximate surface area is 161 Å². The molecule has 0 atom stereocenters. The number of fused-ring (bicyclic) bond motifs is 1. The minimum absolute atomic E-state index is 0.457. The van der Waals surface area contributed by atoms with Crippen molar-refractivity contribution < 1.29 is 5.11 Å². The Morgan fingerprint density at radius 2 is 1.78 bits per heavy atom. The molecular formula is C21H31N5O. The highest BCUT2D eigenvalue weighted by Crippen LogP contribution is 2.30. The minimum atomic E-state index is -0.457. The Morgan fingerprint density at radius 1 is 1.04 bits per heavy atom. The van der Waals surface area contributed by atoms with E-state index in [1.165, 1.54) is 24.9 Å². The first-order valence-electron chi connectivity index (χ1n) is 10.2. The Morgan fingerprint density at radius 3 is 2.48 bits per heavy atom. The van der Waals surface area contributed by atoms with Crippen LogP contribution in [0.25, 0.3) is 10.9 Å². The summed E-state index contributed by atoms with van der Waals surface area (Å²) in [5.41, 5.74) is 1.76. The number of piperazine rings is 1. The average molecular weight is 370 g/mol. The SMILES string of the molecule is CN(C)c1ncnc2ccc(N3CCN(CC4(O)CCCCC4)CC3)cc12. The van der Waals surface area contributed by atoms with Crippen molar-refractivity contribution in [2.45, 2.75) is 37.7 Å². The number of benzene rings is 1. The predicted octanol–water partition coefficient (Wildman–Crippen LogP) is 2.51. The highest BCUT2D eigenvalue weighted by atomic mass is 16.3. The monoisotopic (exact) mass is 369 g/mol. The molecular weight excluding hydrogens is 338 g/mol. The van der Waals surface area contributed by atoms with Crippen molar-refractivity contribution in [1.82, 2.24) is 14.9 Å². The molecule has 1 aromatic carbocycles. The second-order valence-corrected chi connectivity index (χ2v) is 8.34. The Bertz CT molecular complexity index is 779. The van der Waals surface area contributed by atoms with Crippen LogP contribution in [0.1, 0.15) is 32.1 Å². The smallest absolute Gasteiger partial charge is 0.139 e. The van der Waals surface area contributed by atoms with Crippen LogP contribution in [0.4, 0.5) is 11.5 Å². The Balaban J connectivity index is 1.44. The second-order valence-electron chi connectivity index (χ2n) is 8.34. The fraction of sp³-hybridized carbons (Fsp3) is 0.619. The third kappa shape index (κ3) is 4.01. The minimum Gasteiger partial charge on any atom is -0.389 e. The van der Waals surface area contributed by atoms with E-state index in [0.29, 0.717) is 0 Å². The number of hydrogen-bond donors (Lipinski definition) is 1. The van der Waals surface area contributed by atoms with Crippen molar-refractivity contribution in [3.05, 3.63) is 24.5 Å². The number of nitrogens with zero attached hydrogens (tertiary/aromatic N) is 5. The van der Waals surface area contributed by atoms with Gasteiger partial charge in [0, 0.05) is 57.9 Å². The van der Waals surface area contributed by atoms with E-state index in [4.69, 9.17) is 0 Å². The van der Waals surface area contributed by atoms with Crippen LogP contribution in [-0.2, 0) is 0 Å². The van der Waals surface area contributed by atoms with Gasteiger partial charge >= 0.3 is 0 Å². The summed E-state index contributed by atoms with van der Waals surface area (Å²) in [6, 6.07) is 6.48. The molecule has 2 heterocycles. The van der Waals surface area contributed by atoms with Gasteiger partial charge in [-0.15, -0.1) is 0 Å². The number of rotatable bonds is 4. The molecule has 6 nitrogen and oxygen atoms in total. The first-order valence-corrected chi connectivity index (χ1v) is 10.2. The summed E-state index contributed by atoms with van der Waals surface area (Å²) in [5.74, 6) is 0.958. The molecule has 0 radical (unpaired) electrons. The van der Waals surface area contributed by atoms with Crippen LogP contribution in [0.2, 0.25) is 0 Å². The summed E-state index contributed by atoms with van der Waals surface area (Å²) in [4.78, 5) is 15.8. The molecule has 1 N–H and O–H groups in total. The molecule has 27 heavy (non-hydrogen) atoms. The number of β-amino-alcohol motifs (C(OH)–C–C–N with tert-alkyl or cyclic N) is 1. The lowest BCUT2D eigenvalue weighted by molar-refractivity contribution is -0.0271. The van der Waals surface area contributed by atoms with Crippen LogP contribution in [-0.4, -0.2) is 72.4 Å². The number of anilines is 2.